The molecule has 5 nitrogen and oxygen atoms in total. The lowest BCUT2D eigenvalue weighted by Gasteiger charge is -2.31. The van der Waals surface area contributed by atoms with E-state index in [1.54, 1.807) is 0 Å². The largest absolute Gasteiger partial charge is 0.481 e. The van der Waals surface area contributed by atoms with Crippen LogP contribution in [0.5, 0.6) is 0 Å². The zero-order chi connectivity index (χ0) is 14.5. The Balaban J connectivity index is 2.79. The number of carboxylic acid groups (broad SMARTS) is 1. The van der Waals surface area contributed by atoms with Crippen LogP contribution in [0.2, 0.25) is 0 Å². The number of carbonyl (C=O) groups is 2. The van der Waals surface area contributed by atoms with Crippen LogP contribution < -0.4 is 11.1 Å². The van der Waals surface area contributed by atoms with Crippen LogP contribution in [0.3, 0.4) is 0 Å². The Kier molecular flexibility index (Phi) is 5.26. The van der Waals surface area contributed by atoms with Gasteiger partial charge < -0.3 is 15.6 Å². The highest BCUT2D eigenvalue weighted by atomic mass is 16.4. The van der Waals surface area contributed by atoms with Crippen LogP contribution in [0.4, 0.5) is 0 Å². The number of carboxylic acids is 1. The molecule has 0 aromatic rings. The first-order valence-corrected chi connectivity index (χ1v) is 6.70. The van der Waals surface area contributed by atoms with Crippen LogP contribution in [0.1, 0.15) is 46.0 Å². The van der Waals surface area contributed by atoms with Gasteiger partial charge in [-0.25, -0.2) is 0 Å². The topological polar surface area (TPSA) is 92.4 Å². The molecule has 1 rings (SSSR count). The number of nitrogens with two attached hydrogens (primary N) is 1. The van der Waals surface area contributed by atoms with Crippen LogP contribution >= 0.6 is 0 Å². The number of hydrogen-bond acceptors (Lipinski definition) is 4. The summed E-state index contributed by atoms with van der Waals surface area (Å²) in [6, 6.07) is -0.652. The van der Waals surface area contributed by atoms with Crippen molar-refractivity contribution in [2.24, 2.45) is 5.73 Å². The standard InChI is InChI=1S/C14H24N2O3/c1-13(2,15)7-8-14(5-3-4-6-14)16-11(10-17)9-12(18)19/h7-8,10-11,16H,3-6,9,15H2,1-2H3,(H,18,19)/t11-/m0/s1. The Bertz CT molecular complexity index is 352. The quantitative estimate of drug-likeness (QED) is 0.477. The number of rotatable bonds is 7. The molecule has 0 unspecified atom stereocenters. The summed E-state index contributed by atoms with van der Waals surface area (Å²) in [4.78, 5) is 21.7. The maximum Gasteiger partial charge on any atom is 0.305 e. The summed E-state index contributed by atoms with van der Waals surface area (Å²) in [5.41, 5.74) is 5.23. The zero-order valence-corrected chi connectivity index (χ0v) is 11.7. The average molecular weight is 268 g/mol. The van der Waals surface area contributed by atoms with Crippen molar-refractivity contribution in [3.05, 3.63) is 12.2 Å². The molecule has 19 heavy (non-hydrogen) atoms. The van der Waals surface area contributed by atoms with Crippen molar-refractivity contribution in [3.8, 4) is 0 Å². The molecule has 0 spiro atoms. The minimum Gasteiger partial charge on any atom is -0.481 e. The minimum absolute atomic E-state index is 0.189. The Morgan fingerprint density at radius 1 is 1.47 bits per heavy atom. The van der Waals surface area contributed by atoms with Gasteiger partial charge in [0, 0.05) is 11.1 Å². The van der Waals surface area contributed by atoms with E-state index in [-0.39, 0.29) is 12.0 Å². The van der Waals surface area contributed by atoms with Gasteiger partial charge in [-0.1, -0.05) is 25.0 Å². The fraction of sp³-hybridized carbons (Fsp3) is 0.714. The first-order valence-electron chi connectivity index (χ1n) is 6.70. The molecule has 1 atom stereocenters. The van der Waals surface area contributed by atoms with Gasteiger partial charge in [-0.3, -0.25) is 10.1 Å². The number of carbonyl (C=O) groups excluding carboxylic acids is 1. The Hall–Kier alpha value is -1.20. The minimum atomic E-state index is -0.971. The van der Waals surface area contributed by atoms with E-state index < -0.39 is 17.6 Å². The van der Waals surface area contributed by atoms with Gasteiger partial charge in [-0.15, -0.1) is 0 Å². The molecule has 0 heterocycles. The van der Waals surface area contributed by atoms with E-state index in [2.05, 4.69) is 5.32 Å². The van der Waals surface area contributed by atoms with E-state index >= 15 is 0 Å². The van der Waals surface area contributed by atoms with Crippen molar-refractivity contribution in [3.63, 3.8) is 0 Å². The van der Waals surface area contributed by atoms with Gasteiger partial charge in [0.2, 0.25) is 0 Å². The van der Waals surface area contributed by atoms with Gasteiger partial charge in [0.15, 0.2) is 0 Å². The van der Waals surface area contributed by atoms with Crippen LogP contribution in [0, 0.1) is 0 Å². The summed E-state index contributed by atoms with van der Waals surface area (Å²) in [6.45, 7) is 3.81. The third kappa shape index (κ3) is 5.53. The highest BCUT2D eigenvalue weighted by Crippen LogP contribution is 2.32. The third-order valence-corrected chi connectivity index (χ3v) is 3.36. The van der Waals surface area contributed by atoms with Crippen molar-refractivity contribution < 1.29 is 14.7 Å². The van der Waals surface area contributed by atoms with Gasteiger partial charge in [-0.2, -0.15) is 0 Å². The molecule has 0 radical (unpaired) electrons. The molecule has 4 N–H and O–H groups in total. The van der Waals surface area contributed by atoms with Crippen molar-refractivity contribution >= 4 is 12.3 Å². The summed E-state index contributed by atoms with van der Waals surface area (Å²) in [5, 5.41) is 12.0. The Labute approximate surface area is 114 Å². The molecule has 0 aromatic heterocycles. The molecule has 0 aliphatic heterocycles. The van der Waals surface area contributed by atoms with Crippen molar-refractivity contribution in [1.82, 2.24) is 5.32 Å². The van der Waals surface area contributed by atoms with Gasteiger partial charge in [0.25, 0.3) is 0 Å². The fourth-order valence-corrected chi connectivity index (χ4v) is 2.43. The maximum atomic E-state index is 11.0. The monoisotopic (exact) mass is 268 g/mol. The lowest BCUT2D eigenvalue weighted by molar-refractivity contribution is -0.138. The molecule has 0 bridgehead atoms. The summed E-state index contributed by atoms with van der Waals surface area (Å²) in [5.74, 6) is -0.971. The molecule has 0 amide bonds. The van der Waals surface area contributed by atoms with Crippen molar-refractivity contribution in [1.29, 1.82) is 0 Å². The molecule has 5 heteroatoms. The smallest absolute Gasteiger partial charge is 0.305 e. The molecular weight excluding hydrogens is 244 g/mol. The van der Waals surface area contributed by atoms with E-state index in [0.717, 1.165) is 25.7 Å². The highest BCUT2D eigenvalue weighted by molar-refractivity contribution is 5.73. The average Bonchev–Trinajstić information content (AvgIpc) is 2.73. The van der Waals surface area contributed by atoms with Crippen LogP contribution in [0.15, 0.2) is 12.2 Å². The SMILES string of the molecule is CC(C)(N)C=CC1(N[C@H](C=O)CC(=O)O)CCCC1. The van der Waals surface area contributed by atoms with E-state index in [1.165, 1.54) is 0 Å². The number of aldehydes is 1. The predicted octanol–water partition coefficient (Wildman–Crippen LogP) is 1.22. The maximum absolute atomic E-state index is 11.0. The number of aliphatic carboxylic acids is 1. The normalized spacial score (nSPS) is 20.6. The van der Waals surface area contributed by atoms with Crippen molar-refractivity contribution in [2.75, 3.05) is 0 Å². The zero-order valence-electron chi connectivity index (χ0n) is 11.7. The van der Waals surface area contributed by atoms with E-state index in [4.69, 9.17) is 10.8 Å². The molecule has 0 aromatic carbocycles. The highest BCUT2D eigenvalue weighted by Gasteiger charge is 2.34. The Morgan fingerprint density at radius 3 is 2.47 bits per heavy atom. The lowest BCUT2D eigenvalue weighted by Crippen LogP contribution is -2.49. The van der Waals surface area contributed by atoms with Crippen LogP contribution in [-0.4, -0.2) is 34.5 Å². The van der Waals surface area contributed by atoms with E-state index in [0.29, 0.717) is 6.29 Å². The molecular formula is C14H24N2O3. The fourth-order valence-electron chi connectivity index (χ4n) is 2.43. The van der Waals surface area contributed by atoms with Gasteiger partial charge >= 0.3 is 5.97 Å². The first-order chi connectivity index (χ1) is 8.76. The van der Waals surface area contributed by atoms with Crippen molar-refractivity contribution in [2.45, 2.75) is 63.1 Å². The molecule has 1 aliphatic carbocycles. The second kappa shape index (κ2) is 6.30. The van der Waals surface area contributed by atoms with Gasteiger partial charge in [-0.05, 0) is 26.7 Å². The van der Waals surface area contributed by atoms with E-state index in [9.17, 15) is 9.59 Å². The Morgan fingerprint density at radius 2 is 2.05 bits per heavy atom. The number of hydrogen-bond donors (Lipinski definition) is 3. The molecule has 1 aliphatic rings. The molecule has 1 fully saturated rings. The van der Waals surface area contributed by atoms with Crippen LogP contribution in [0.25, 0.3) is 0 Å². The van der Waals surface area contributed by atoms with Crippen LogP contribution in [-0.2, 0) is 9.59 Å². The summed E-state index contributed by atoms with van der Waals surface area (Å²) in [6.07, 6.45) is 8.38. The summed E-state index contributed by atoms with van der Waals surface area (Å²) >= 11 is 0. The molecule has 0 saturated heterocycles. The molecule has 1 saturated carbocycles. The van der Waals surface area contributed by atoms with Gasteiger partial charge in [0.05, 0.1) is 12.5 Å². The lowest BCUT2D eigenvalue weighted by atomic mass is 9.92. The molecule has 108 valence electrons. The van der Waals surface area contributed by atoms with Gasteiger partial charge in [0.1, 0.15) is 6.29 Å². The second-order valence-corrected chi connectivity index (χ2v) is 6.00. The summed E-state index contributed by atoms with van der Waals surface area (Å²) in [7, 11) is 0. The summed E-state index contributed by atoms with van der Waals surface area (Å²) < 4.78 is 0. The first kappa shape index (κ1) is 15.9. The second-order valence-electron chi connectivity index (χ2n) is 6.00. The predicted molar refractivity (Wildman–Crippen MR) is 73.8 cm³/mol. The third-order valence-electron chi connectivity index (χ3n) is 3.36. The van der Waals surface area contributed by atoms with E-state index in [1.807, 2.05) is 26.0 Å². The number of nitrogens with one attached hydrogen (secondary N) is 1.